The van der Waals surface area contributed by atoms with Crippen molar-refractivity contribution in [3.8, 4) is 0 Å². The summed E-state index contributed by atoms with van der Waals surface area (Å²) in [7, 11) is 0. The molecule has 1 aromatic carbocycles. The molecule has 0 heterocycles. The van der Waals surface area contributed by atoms with Crippen LogP contribution in [-0.2, 0) is 4.74 Å². The summed E-state index contributed by atoms with van der Waals surface area (Å²) >= 11 is 3.19. The maximum atomic E-state index is 11.6. The zero-order valence-electron chi connectivity index (χ0n) is 11.1. The zero-order chi connectivity index (χ0) is 15.0. The van der Waals surface area contributed by atoms with E-state index in [0.29, 0.717) is 30.7 Å². The first kappa shape index (κ1) is 16.5. The predicted molar refractivity (Wildman–Crippen MR) is 79.2 cm³/mol. The van der Waals surface area contributed by atoms with Crippen molar-refractivity contribution < 1.29 is 19.4 Å². The number of halogens is 1. The third-order valence-corrected chi connectivity index (χ3v) is 2.91. The van der Waals surface area contributed by atoms with Crippen molar-refractivity contribution >= 4 is 33.6 Å². The van der Waals surface area contributed by atoms with Gasteiger partial charge >= 0.3 is 12.0 Å². The fourth-order valence-electron chi connectivity index (χ4n) is 1.49. The second kappa shape index (κ2) is 8.55. The Balaban J connectivity index is 2.51. The molecule has 0 atom stereocenters. The number of carbonyl (C=O) groups excluding carboxylic acids is 1. The summed E-state index contributed by atoms with van der Waals surface area (Å²) in [5, 5.41) is 14.2. The number of urea groups is 1. The Morgan fingerprint density at radius 2 is 2.15 bits per heavy atom. The molecular weight excluding hydrogens is 328 g/mol. The summed E-state index contributed by atoms with van der Waals surface area (Å²) < 4.78 is 5.78. The normalized spacial score (nSPS) is 10.1. The lowest BCUT2D eigenvalue weighted by Gasteiger charge is -2.10. The van der Waals surface area contributed by atoms with Gasteiger partial charge in [-0.2, -0.15) is 0 Å². The Bertz CT molecular complexity index is 479. The molecular formula is C13H17BrN2O4. The molecule has 2 amide bonds. The Morgan fingerprint density at radius 3 is 2.80 bits per heavy atom. The van der Waals surface area contributed by atoms with Gasteiger partial charge in [-0.15, -0.1) is 0 Å². The molecule has 20 heavy (non-hydrogen) atoms. The molecule has 0 spiro atoms. The molecule has 0 saturated carbocycles. The van der Waals surface area contributed by atoms with E-state index in [-0.39, 0.29) is 11.3 Å². The number of carbonyl (C=O) groups is 2. The lowest BCUT2D eigenvalue weighted by atomic mass is 10.2. The largest absolute Gasteiger partial charge is 0.478 e. The summed E-state index contributed by atoms with van der Waals surface area (Å²) in [5.41, 5.74) is 0.284. The van der Waals surface area contributed by atoms with Gasteiger partial charge in [0.2, 0.25) is 0 Å². The molecule has 0 radical (unpaired) electrons. The number of hydrogen-bond acceptors (Lipinski definition) is 3. The highest BCUT2D eigenvalue weighted by atomic mass is 79.9. The molecule has 0 bridgehead atoms. The average Bonchev–Trinajstić information content (AvgIpc) is 2.40. The third-order valence-electron chi connectivity index (χ3n) is 2.42. The number of carboxylic acids is 1. The van der Waals surface area contributed by atoms with E-state index in [1.165, 1.54) is 12.1 Å². The molecule has 7 heteroatoms. The van der Waals surface area contributed by atoms with E-state index in [9.17, 15) is 9.59 Å². The highest BCUT2D eigenvalue weighted by Crippen LogP contribution is 2.21. The van der Waals surface area contributed by atoms with Crippen molar-refractivity contribution in [3.63, 3.8) is 0 Å². The van der Waals surface area contributed by atoms with Crippen molar-refractivity contribution in [1.82, 2.24) is 5.32 Å². The fourth-order valence-corrected chi connectivity index (χ4v) is 1.85. The van der Waals surface area contributed by atoms with Crippen molar-refractivity contribution in [2.45, 2.75) is 13.3 Å². The molecule has 0 aliphatic heterocycles. The van der Waals surface area contributed by atoms with Gasteiger partial charge < -0.3 is 20.5 Å². The minimum absolute atomic E-state index is 0.0313. The zero-order valence-corrected chi connectivity index (χ0v) is 12.7. The molecule has 0 aliphatic carbocycles. The maximum Gasteiger partial charge on any atom is 0.337 e. The van der Waals surface area contributed by atoms with Gasteiger partial charge in [0, 0.05) is 24.2 Å². The van der Waals surface area contributed by atoms with Gasteiger partial charge in [-0.25, -0.2) is 9.59 Å². The topological polar surface area (TPSA) is 87.7 Å². The van der Waals surface area contributed by atoms with Crippen molar-refractivity contribution in [2.24, 2.45) is 0 Å². The molecule has 110 valence electrons. The quantitative estimate of drug-likeness (QED) is 0.663. The average molecular weight is 345 g/mol. The molecule has 6 nitrogen and oxygen atoms in total. The van der Waals surface area contributed by atoms with E-state index in [2.05, 4.69) is 26.6 Å². The number of carboxylic acid groups (broad SMARTS) is 1. The number of hydrogen-bond donors (Lipinski definition) is 3. The highest BCUT2D eigenvalue weighted by Gasteiger charge is 2.12. The van der Waals surface area contributed by atoms with Crippen LogP contribution in [0.2, 0.25) is 0 Å². The van der Waals surface area contributed by atoms with E-state index >= 15 is 0 Å². The van der Waals surface area contributed by atoms with E-state index in [4.69, 9.17) is 9.84 Å². The number of nitrogens with one attached hydrogen (secondary N) is 2. The summed E-state index contributed by atoms with van der Waals surface area (Å²) in [6.45, 7) is 3.59. The third kappa shape index (κ3) is 5.58. The van der Waals surface area contributed by atoms with Crippen LogP contribution in [0.1, 0.15) is 23.7 Å². The number of anilines is 1. The molecule has 0 fully saturated rings. The molecule has 3 N–H and O–H groups in total. The predicted octanol–water partition coefficient (Wildman–Crippen LogP) is 2.70. The minimum Gasteiger partial charge on any atom is -0.478 e. The van der Waals surface area contributed by atoms with Crippen LogP contribution >= 0.6 is 15.9 Å². The van der Waals surface area contributed by atoms with Crippen LogP contribution in [0.25, 0.3) is 0 Å². The molecule has 1 aromatic rings. The number of aromatic carboxylic acids is 1. The van der Waals surface area contributed by atoms with Crippen LogP contribution in [0.4, 0.5) is 10.5 Å². The SMILES string of the molecule is CCOCCCNC(=O)Nc1ccc(Br)cc1C(=O)O. The summed E-state index contributed by atoms with van der Waals surface area (Å²) in [5.74, 6) is -1.10. The van der Waals surface area contributed by atoms with Gasteiger partial charge in [-0.05, 0) is 31.5 Å². The van der Waals surface area contributed by atoms with E-state index in [0.717, 1.165) is 0 Å². The first-order valence-corrected chi connectivity index (χ1v) is 6.99. The second-order valence-corrected chi connectivity index (χ2v) is 4.84. The van der Waals surface area contributed by atoms with Crippen LogP contribution in [0, 0.1) is 0 Å². The number of benzene rings is 1. The van der Waals surface area contributed by atoms with E-state index < -0.39 is 12.0 Å². The lowest BCUT2D eigenvalue weighted by molar-refractivity contribution is 0.0698. The maximum absolute atomic E-state index is 11.6. The van der Waals surface area contributed by atoms with Gasteiger partial charge in [0.05, 0.1) is 11.3 Å². The van der Waals surface area contributed by atoms with Gasteiger partial charge in [0.1, 0.15) is 0 Å². The lowest BCUT2D eigenvalue weighted by Crippen LogP contribution is -2.30. The monoisotopic (exact) mass is 344 g/mol. The Labute approximate surface area is 125 Å². The number of rotatable bonds is 7. The second-order valence-electron chi connectivity index (χ2n) is 3.93. The Hall–Kier alpha value is -1.60. The molecule has 0 saturated heterocycles. The smallest absolute Gasteiger partial charge is 0.337 e. The van der Waals surface area contributed by atoms with E-state index in [1.54, 1.807) is 6.07 Å². The number of amides is 2. The number of ether oxygens (including phenoxy) is 1. The fraction of sp³-hybridized carbons (Fsp3) is 0.385. The Morgan fingerprint density at radius 1 is 1.40 bits per heavy atom. The molecule has 0 unspecified atom stereocenters. The molecule has 0 aliphatic rings. The summed E-state index contributed by atoms with van der Waals surface area (Å²) in [4.78, 5) is 22.7. The van der Waals surface area contributed by atoms with Crippen LogP contribution in [0.3, 0.4) is 0 Å². The van der Waals surface area contributed by atoms with Crippen molar-refractivity contribution in [2.75, 3.05) is 25.1 Å². The van der Waals surface area contributed by atoms with Crippen LogP contribution in [0.5, 0.6) is 0 Å². The van der Waals surface area contributed by atoms with Crippen molar-refractivity contribution in [1.29, 1.82) is 0 Å². The Kier molecular flexibility index (Phi) is 7.03. The summed E-state index contributed by atoms with van der Waals surface area (Å²) in [6, 6.07) is 4.20. The minimum atomic E-state index is -1.10. The van der Waals surface area contributed by atoms with Crippen molar-refractivity contribution in [3.05, 3.63) is 28.2 Å². The molecule has 1 rings (SSSR count). The standard InChI is InChI=1S/C13H17BrN2O4/c1-2-20-7-3-6-15-13(19)16-11-5-4-9(14)8-10(11)12(17)18/h4-5,8H,2-3,6-7H2,1H3,(H,17,18)(H2,15,16,19). The molecule has 0 aromatic heterocycles. The van der Waals surface area contributed by atoms with Gasteiger partial charge in [-0.1, -0.05) is 15.9 Å². The van der Waals surface area contributed by atoms with E-state index in [1.807, 2.05) is 6.92 Å². The first-order valence-electron chi connectivity index (χ1n) is 6.20. The van der Waals surface area contributed by atoms with Gasteiger partial charge in [-0.3, -0.25) is 0 Å². The van der Waals surface area contributed by atoms with Crippen LogP contribution in [0.15, 0.2) is 22.7 Å². The highest BCUT2D eigenvalue weighted by molar-refractivity contribution is 9.10. The summed E-state index contributed by atoms with van der Waals surface area (Å²) in [6.07, 6.45) is 0.702. The van der Waals surface area contributed by atoms with Gasteiger partial charge in [0.25, 0.3) is 0 Å². The van der Waals surface area contributed by atoms with Crippen LogP contribution < -0.4 is 10.6 Å². The van der Waals surface area contributed by atoms with Crippen LogP contribution in [-0.4, -0.2) is 36.9 Å². The first-order chi connectivity index (χ1) is 9.54. The van der Waals surface area contributed by atoms with Gasteiger partial charge in [0.15, 0.2) is 0 Å².